The van der Waals surface area contributed by atoms with Crippen molar-refractivity contribution in [2.45, 2.75) is 38.6 Å². The molecule has 6 nitrogen and oxygen atoms in total. The van der Waals surface area contributed by atoms with Gasteiger partial charge < -0.3 is 5.11 Å². The first-order valence-electron chi connectivity index (χ1n) is 10.2. The van der Waals surface area contributed by atoms with E-state index >= 15 is 0 Å². The molecule has 0 aliphatic carbocycles. The summed E-state index contributed by atoms with van der Waals surface area (Å²) in [5.41, 5.74) is 4.40. The Morgan fingerprint density at radius 1 is 1.13 bits per heavy atom. The van der Waals surface area contributed by atoms with Gasteiger partial charge in [0.25, 0.3) is 0 Å². The van der Waals surface area contributed by atoms with Crippen molar-refractivity contribution < 1.29 is 14.7 Å². The van der Waals surface area contributed by atoms with Gasteiger partial charge in [-0.2, -0.15) is 5.10 Å². The average molecular weight is 436 g/mol. The fourth-order valence-corrected chi connectivity index (χ4v) is 4.02. The summed E-state index contributed by atoms with van der Waals surface area (Å²) in [5.74, 6) is -1.14. The summed E-state index contributed by atoms with van der Waals surface area (Å²) in [6, 6.07) is 17.2. The lowest BCUT2D eigenvalue weighted by Crippen LogP contribution is -2.27. The molecule has 7 heteroatoms. The molecule has 0 saturated heterocycles. The van der Waals surface area contributed by atoms with Crippen LogP contribution in [0.2, 0.25) is 5.15 Å². The number of pyridine rings is 1. The van der Waals surface area contributed by atoms with Gasteiger partial charge in [-0.25, -0.2) is 9.99 Å². The first kappa shape index (κ1) is 21.0. The molecule has 1 amide bonds. The zero-order valence-corrected chi connectivity index (χ0v) is 17.8. The standard InChI is InChI=1S/C24H22ClN3O3/c1-15-9-11-16(12-10-15)20-14-21(28(27-20)22(29)7-4-8-23(30)31)18-13-17-5-2-3-6-19(17)26-24(18)25/h2-3,5-6,9-13,21H,4,7-8,14H2,1H3,(H,30,31)/t21-/m0/s1. The molecule has 1 aromatic heterocycles. The van der Waals surface area contributed by atoms with Crippen molar-refractivity contribution in [3.8, 4) is 0 Å². The van der Waals surface area contributed by atoms with E-state index in [1.54, 1.807) is 0 Å². The van der Waals surface area contributed by atoms with Crippen LogP contribution in [0.3, 0.4) is 0 Å². The van der Waals surface area contributed by atoms with Gasteiger partial charge in [-0.05, 0) is 31.0 Å². The number of nitrogens with zero attached hydrogens (tertiary/aromatic N) is 3. The van der Waals surface area contributed by atoms with Crippen LogP contribution in [0.15, 0.2) is 59.7 Å². The van der Waals surface area contributed by atoms with Crippen molar-refractivity contribution in [3.63, 3.8) is 0 Å². The number of halogens is 1. The lowest BCUT2D eigenvalue weighted by Gasteiger charge is -2.23. The van der Waals surface area contributed by atoms with Gasteiger partial charge in [0, 0.05) is 30.2 Å². The third kappa shape index (κ3) is 4.59. The van der Waals surface area contributed by atoms with E-state index in [2.05, 4.69) is 10.1 Å². The third-order valence-electron chi connectivity index (χ3n) is 5.40. The molecule has 31 heavy (non-hydrogen) atoms. The van der Waals surface area contributed by atoms with Gasteiger partial charge in [-0.15, -0.1) is 0 Å². The fraction of sp³-hybridized carbons (Fsp3) is 0.250. The predicted octanol–water partition coefficient (Wildman–Crippen LogP) is 5.13. The van der Waals surface area contributed by atoms with Crippen molar-refractivity contribution in [1.82, 2.24) is 9.99 Å². The number of fused-ring (bicyclic) bond motifs is 1. The maximum absolute atomic E-state index is 13.0. The van der Waals surface area contributed by atoms with Crippen molar-refractivity contribution in [2.24, 2.45) is 5.10 Å². The summed E-state index contributed by atoms with van der Waals surface area (Å²) in [7, 11) is 0. The highest BCUT2D eigenvalue weighted by Gasteiger charge is 2.34. The zero-order chi connectivity index (χ0) is 22.0. The Bertz CT molecular complexity index is 1170. The molecule has 0 spiro atoms. The summed E-state index contributed by atoms with van der Waals surface area (Å²) in [5, 5.41) is 16.3. The molecule has 2 heterocycles. The lowest BCUT2D eigenvalue weighted by molar-refractivity contribution is -0.137. The second-order valence-electron chi connectivity index (χ2n) is 7.68. The fourth-order valence-electron chi connectivity index (χ4n) is 3.75. The molecule has 4 rings (SSSR count). The molecule has 0 radical (unpaired) electrons. The van der Waals surface area contributed by atoms with Crippen molar-refractivity contribution in [1.29, 1.82) is 0 Å². The van der Waals surface area contributed by atoms with Gasteiger partial charge in [-0.3, -0.25) is 9.59 Å². The van der Waals surface area contributed by atoms with Crippen LogP contribution >= 0.6 is 11.6 Å². The number of rotatable bonds is 6. The maximum Gasteiger partial charge on any atom is 0.303 e. The van der Waals surface area contributed by atoms with Gasteiger partial charge in [0.15, 0.2) is 0 Å². The van der Waals surface area contributed by atoms with E-state index in [1.165, 1.54) is 5.01 Å². The number of carbonyl (C=O) groups excluding carboxylic acids is 1. The van der Waals surface area contributed by atoms with Crippen molar-refractivity contribution >= 4 is 40.1 Å². The first-order chi connectivity index (χ1) is 14.9. The van der Waals surface area contributed by atoms with Crippen molar-refractivity contribution in [3.05, 3.63) is 76.4 Å². The molecule has 0 unspecified atom stereocenters. The summed E-state index contributed by atoms with van der Waals surface area (Å²) in [6.07, 6.45) is 0.813. The van der Waals surface area contributed by atoms with Gasteiger partial charge >= 0.3 is 5.97 Å². The zero-order valence-electron chi connectivity index (χ0n) is 17.1. The molecule has 0 saturated carbocycles. The second kappa shape index (κ2) is 8.86. The Labute approximate surface area is 185 Å². The highest BCUT2D eigenvalue weighted by molar-refractivity contribution is 6.30. The molecule has 1 aliphatic heterocycles. The van der Waals surface area contributed by atoms with Gasteiger partial charge in [-0.1, -0.05) is 59.6 Å². The summed E-state index contributed by atoms with van der Waals surface area (Å²) in [4.78, 5) is 28.3. The number of carbonyl (C=O) groups is 2. The molecular formula is C24H22ClN3O3. The van der Waals surface area contributed by atoms with Crippen LogP contribution in [0, 0.1) is 6.92 Å². The quantitative estimate of drug-likeness (QED) is 0.544. The molecule has 1 N–H and O–H groups in total. The Kier molecular flexibility index (Phi) is 6.00. The maximum atomic E-state index is 13.0. The largest absolute Gasteiger partial charge is 0.481 e. The Balaban J connectivity index is 1.69. The minimum absolute atomic E-state index is 0.0585. The minimum atomic E-state index is -0.920. The monoisotopic (exact) mass is 435 g/mol. The summed E-state index contributed by atoms with van der Waals surface area (Å²) < 4.78 is 0. The molecule has 3 aromatic rings. The van der Waals surface area contributed by atoms with E-state index in [1.807, 2.05) is 61.5 Å². The number of benzene rings is 2. The second-order valence-corrected chi connectivity index (χ2v) is 8.04. The van der Waals surface area contributed by atoms with Crippen molar-refractivity contribution in [2.75, 3.05) is 0 Å². The van der Waals surface area contributed by atoms with E-state index < -0.39 is 12.0 Å². The van der Waals surface area contributed by atoms with Crippen LogP contribution in [0.4, 0.5) is 0 Å². The van der Waals surface area contributed by atoms with E-state index in [4.69, 9.17) is 16.7 Å². The third-order valence-corrected chi connectivity index (χ3v) is 5.70. The van der Waals surface area contributed by atoms with E-state index in [-0.39, 0.29) is 25.2 Å². The number of hydrogen-bond donors (Lipinski definition) is 1. The number of para-hydroxylation sites is 1. The van der Waals surface area contributed by atoms with E-state index in [9.17, 15) is 9.59 Å². The Morgan fingerprint density at radius 2 is 1.87 bits per heavy atom. The number of aliphatic carboxylic acids is 1. The predicted molar refractivity (Wildman–Crippen MR) is 120 cm³/mol. The number of carboxylic acids is 1. The highest BCUT2D eigenvalue weighted by atomic mass is 35.5. The first-order valence-corrected chi connectivity index (χ1v) is 10.5. The molecule has 0 bridgehead atoms. The van der Waals surface area contributed by atoms with E-state index in [0.717, 1.165) is 33.3 Å². The van der Waals surface area contributed by atoms with Crippen LogP contribution < -0.4 is 0 Å². The molecule has 0 fully saturated rings. The number of hydrazone groups is 1. The summed E-state index contributed by atoms with van der Waals surface area (Å²) in [6.45, 7) is 2.02. The van der Waals surface area contributed by atoms with Gasteiger partial charge in [0.2, 0.25) is 5.91 Å². The van der Waals surface area contributed by atoms with Gasteiger partial charge in [0.1, 0.15) is 5.15 Å². The van der Waals surface area contributed by atoms with Gasteiger partial charge in [0.05, 0.1) is 17.3 Å². The Hall–Kier alpha value is -3.25. The lowest BCUT2D eigenvalue weighted by atomic mass is 9.97. The molecule has 158 valence electrons. The SMILES string of the molecule is Cc1ccc(C2=NN(C(=O)CCCC(=O)O)[C@H](c3cc4ccccc4nc3Cl)C2)cc1. The number of amides is 1. The molecule has 2 aromatic carbocycles. The number of aryl methyl sites for hydroxylation is 1. The van der Waals surface area contributed by atoms with Crippen LogP contribution in [0.25, 0.3) is 10.9 Å². The van der Waals surface area contributed by atoms with Crippen LogP contribution in [0.5, 0.6) is 0 Å². The minimum Gasteiger partial charge on any atom is -0.481 e. The summed E-state index contributed by atoms with van der Waals surface area (Å²) >= 11 is 6.54. The van der Waals surface area contributed by atoms with Crippen LogP contribution in [-0.4, -0.2) is 32.7 Å². The Morgan fingerprint density at radius 3 is 2.61 bits per heavy atom. The highest BCUT2D eigenvalue weighted by Crippen LogP contribution is 2.37. The molecule has 1 atom stereocenters. The molecule has 1 aliphatic rings. The number of carboxylic acid groups (broad SMARTS) is 1. The smallest absolute Gasteiger partial charge is 0.303 e. The van der Waals surface area contributed by atoms with Crippen LogP contribution in [-0.2, 0) is 9.59 Å². The molecular weight excluding hydrogens is 414 g/mol. The van der Waals surface area contributed by atoms with Crippen LogP contribution in [0.1, 0.15) is 48.4 Å². The number of aromatic nitrogens is 1. The normalized spacial score (nSPS) is 15.9. The number of hydrogen-bond acceptors (Lipinski definition) is 4. The average Bonchev–Trinajstić information content (AvgIpc) is 3.18. The topological polar surface area (TPSA) is 82.9 Å². The van der Waals surface area contributed by atoms with E-state index in [0.29, 0.717) is 11.6 Å².